The minimum absolute atomic E-state index is 0.0613. The van der Waals surface area contributed by atoms with Gasteiger partial charge < -0.3 is 15.8 Å². The van der Waals surface area contributed by atoms with Crippen molar-refractivity contribution < 1.29 is 9.53 Å². The summed E-state index contributed by atoms with van der Waals surface area (Å²) in [6.07, 6.45) is 3.94. The molecule has 1 saturated carbocycles. The van der Waals surface area contributed by atoms with Crippen LogP contribution >= 0.6 is 0 Å². The number of hydrogen-bond acceptors (Lipinski definition) is 3. The number of para-hydroxylation sites is 1. The van der Waals surface area contributed by atoms with Gasteiger partial charge in [-0.2, -0.15) is 0 Å². The van der Waals surface area contributed by atoms with E-state index in [-0.39, 0.29) is 17.4 Å². The quantitative estimate of drug-likeness (QED) is 0.859. The van der Waals surface area contributed by atoms with Gasteiger partial charge in [-0.05, 0) is 37.3 Å². The van der Waals surface area contributed by atoms with Crippen LogP contribution in [0, 0.1) is 5.92 Å². The molecule has 1 aliphatic carbocycles. The van der Waals surface area contributed by atoms with E-state index in [9.17, 15) is 4.79 Å². The molecule has 1 heterocycles. The second-order valence-corrected chi connectivity index (χ2v) is 5.75. The Hall–Kier alpha value is -1.55. The smallest absolute Gasteiger partial charge is 0.226 e. The summed E-state index contributed by atoms with van der Waals surface area (Å²) in [5.41, 5.74) is 7.06. The van der Waals surface area contributed by atoms with E-state index in [1.807, 2.05) is 24.3 Å². The Morgan fingerprint density at radius 2 is 2.21 bits per heavy atom. The Balaban J connectivity index is 1.57. The van der Waals surface area contributed by atoms with Gasteiger partial charge in [-0.1, -0.05) is 18.2 Å². The average molecular weight is 260 g/mol. The summed E-state index contributed by atoms with van der Waals surface area (Å²) in [4.78, 5) is 12.1. The lowest BCUT2D eigenvalue weighted by Gasteiger charge is -2.38. The lowest BCUT2D eigenvalue weighted by molar-refractivity contribution is -0.126. The third-order valence-electron chi connectivity index (χ3n) is 4.21. The Morgan fingerprint density at radius 3 is 2.95 bits per heavy atom. The highest BCUT2D eigenvalue weighted by molar-refractivity contribution is 5.79. The van der Waals surface area contributed by atoms with Gasteiger partial charge in [-0.15, -0.1) is 0 Å². The summed E-state index contributed by atoms with van der Waals surface area (Å²) in [6, 6.07) is 7.90. The fourth-order valence-electron chi connectivity index (χ4n) is 2.71. The van der Waals surface area contributed by atoms with Crippen LogP contribution in [-0.2, 0) is 11.2 Å². The molecule has 1 aromatic rings. The molecule has 4 nitrogen and oxygen atoms in total. The Morgan fingerprint density at radius 1 is 1.42 bits per heavy atom. The van der Waals surface area contributed by atoms with E-state index in [2.05, 4.69) is 5.32 Å². The van der Waals surface area contributed by atoms with Crippen molar-refractivity contribution in [3.63, 3.8) is 0 Å². The molecule has 0 radical (unpaired) electrons. The highest BCUT2D eigenvalue weighted by Crippen LogP contribution is 2.29. The van der Waals surface area contributed by atoms with Gasteiger partial charge in [0, 0.05) is 12.1 Å². The van der Waals surface area contributed by atoms with Crippen LogP contribution in [0.25, 0.3) is 0 Å². The molecule has 1 aromatic carbocycles. The zero-order chi connectivity index (χ0) is 13.3. The largest absolute Gasteiger partial charge is 0.492 e. The van der Waals surface area contributed by atoms with Crippen molar-refractivity contribution in [1.82, 2.24) is 5.32 Å². The number of amides is 1. The van der Waals surface area contributed by atoms with E-state index in [0.29, 0.717) is 13.2 Å². The van der Waals surface area contributed by atoms with Gasteiger partial charge in [0.05, 0.1) is 5.92 Å². The van der Waals surface area contributed by atoms with Crippen LogP contribution in [0.1, 0.15) is 24.8 Å². The minimum Gasteiger partial charge on any atom is -0.492 e. The molecule has 0 bridgehead atoms. The van der Waals surface area contributed by atoms with Crippen LogP contribution in [0.15, 0.2) is 24.3 Å². The summed E-state index contributed by atoms with van der Waals surface area (Å²) in [5, 5.41) is 2.98. The summed E-state index contributed by atoms with van der Waals surface area (Å²) in [5.74, 6) is 0.866. The van der Waals surface area contributed by atoms with Gasteiger partial charge >= 0.3 is 0 Å². The van der Waals surface area contributed by atoms with Gasteiger partial charge in [0.25, 0.3) is 0 Å². The maximum atomic E-state index is 12.1. The van der Waals surface area contributed by atoms with Crippen LogP contribution in [0.2, 0.25) is 0 Å². The molecule has 1 amide bonds. The first-order valence-electron chi connectivity index (χ1n) is 6.94. The molecule has 2 aliphatic rings. The van der Waals surface area contributed by atoms with E-state index in [0.717, 1.165) is 30.6 Å². The first-order valence-corrected chi connectivity index (χ1v) is 6.94. The monoisotopic (exact) mass is 260 g/mol. The lowest BCUT2D eigenvalue weighted by atomic mass is 9.77. The zero-order valence-electron chi connectivity index (χ0n) is 11.0. The number of rotatable bonds is 3. The van der Waals surface area contributed by atoms with E-state index < -0.39 is 0 Å². The van der Waals surface area contributed by atoms with Crippen LogP contribution in [0.3, 0.4) is 0 Å². The number of hydrogen-bond donors (Lipinski definition) is 2. The first kappa shape index (κ1) is 12.5. The molecule has 1 unspecified atom stereocenters. The molecular weight excluding hydrogens is 240 g/mol. The van der Waals surface area contributed by atoms with Gasteiger partial charge in [0.1, 0.15) is 12.4 Å². The average Bonchev–Trinajstić information content (AvgIpc) is 2.42. The van der Waals surface area contributed by atoms with E-state index >= 15 is 0 Å². The number of carbonyl (C=O) groups is 1. The SMILES string of the molecule is NC1(CNC(=O)C2COc3ccccc3C2)CCC1. The normalized spacial score (nSPS) is 23.7. The fourth-order valence-corrected chi connectivity index (χ4v) is 2.71. The topological polar surface area (TPSA) is 64.3 Å². The molecule has 4 heteroatoms. The first-order chi connectivity index (χ1) is 9.16. The highest BCUT2D eigenvalue weighted by Gasteiger charge is 2.34. The summed E-state index contributed by atoms with van der Waals surface area (Å²) < 4.78 is 5.64. The van der Waals surface area contributed by atoms with Crippen LogP contribution in [0.4, 0.5) is 0 Å². The van der Waals surface area contributed by atoms with Crippen molar-refractivity contribution in [3.05, 3.63) is 29.8 Å². The van der Waals surface area contributed by atoms with Crippen LogP contribution in [0.5, 0.6) is 5.75 Å². The highest BCUT2D eigenvalue weighted by atomic mass is 16.5. The maximum absolute atomic E-state index is 12.1. The molecular formula is C15H20N2O2. The standard InChI is InChI=1S/C15H20N2O2/c16-15(6-3-7-15)10-17-14(18)12-8-11-4-1-2-5-13(11)19-9-12/h1-2,4-5,12H,3,6-10,16H2,(H,17,18). The molecule has 1 aliphatic heterocycles. The second kappa shape index (κ2) is 4.85. The molecule has 3 N–H and O–H groups in total. The Bertz CT molecular complexity index is 483. The number of benzene rings is 1. The molecule has 102 valence electrons. The predicted molar refractivity (Wildman–Crippen MR) is 72.9 cm³/mol. The second-order valence-electron chi connectivity index (χ2n) is 5.75. The number of ether oxygens (including phenoxy) is 1. The predicted octanol–water partition coefficient (Wildman–Crippen LogP) is 1.24. The van der Waals surface area contributed by atoms with Crippen molar-refractivity contribution >= 4 is 5.91 Å². The summed E-state index contributed by atoms with van der Waals surface area (Å²) >= 11 is 0. The third-order valence-corrected chi connectivity index (χ3v) is 4.21. The number of fused-ring (bicyclic) bond motifs is 1. The van der Waals surface area contributed by atoms with Gasteiger partial charge in [0.2, 0.25) is 5.91 Å². The Kier molecular flexibility index (Phi) is 3.19. The number of nitrogens with two attached hydrogens (primary N) is 1. The molecule has 0 saturated heterocycles. The lowest BCUT2D eigenvalue weighted by Crippen LogP contribution is -2.56. The van der Waals surface area contributed by atoms with Crippen molar-refractivity contribution in [2.45, 2.75) is 31.2 Å². The van der Waals surface area contributed by atoms with Crippen molar-refractivity contribution in [1.29, 1.82) is 0 Å². The molecule has 3 rings (SSSR count). The van der Waals surface area contributed by atoms with Crippen molar-refractivity contribution in [3.8, 4) is 5.75 Å². The van der Waals surface area contributed by atoms with Crippen molar-refractivity contribution in [2.24, 2.45) is 11.7 Å². The van der Waals surface area contributed by atoms with E-state index in [1.54, 1.807) is 0 Å². The van der Waals surface area contributed by atoms with Gasteiger partial charge in [-0.25, -0.2) is 0 Å². The summed E-state index contributed by atoms with van der Waals surface area (Å²) in [7, 11) is 0. The molecule has 0 spiro atoms. The molecule has 19 heavy (non-hydrogen) atoms. The summed E-state index contributed by atoms with van der Waals surface area (Å²) in [6.45, 7) is 1.05. The number of carbonyl (C=O) groups excluding carboxylic acids is 1. The minimum atomic E-state index is -0.164. The zero-order valence-corrected chi connectivity index (χ0v) is 11.0. The molecule has 1 atom stereocenters. The van der Waals surface area contributed by atoms with E-state index in [4.69, 9.17) is 10.5 Å². The third kappa shape index (κ3) is 2.59. The van der Waals surface area contributed by atoms with Crippen LogP contribution in [-0.4, -0.2) is 24.6 Å². The van der Waals surface area contributed by atoms with Crippen LogP contribution < -0.4 is 15.8 Å². The van der Waals surface area contributed by atoms with Gasteiger partial charge in [-0.3, -0.25) is 4.79 Å². The fraction of sp³-hybridized carbons (Fsp3) is 0.533. The number of nitrogens with one attached hydrogen (secondary N) is 1. The van der Waals surface area contributed by atoms with E-state index in [1.165, 1.54) is 6.42 Å². The van der Waals surface area contributed by atoms with Crippen molar-refractivity contribution in [2.75, 3.05) is 13.2 Å². The molecule has 1 fully saturated rings. The Labute approximate surface area is 113 Å². The van der Waals surface area contributed by atoms with Gasteiger partial charge in [0.15, 0.2) is 0 Å². The maximum Gasteiger partial charge on any atom is 0.226 e. The molecule has 0 aromatic heterocycles.